The van der Waals surface area contributed by atoms with Crippen LogP contribution in [0.5, 0.6) is 11.5 Å². The number of anilines is 1. The van der Waals surface area contributed by atoms with Crippen LogP contribution >= 0.6 is 0 Å². The van der Waals surface area contributed by atoms with Crippen LogP contribution in [0.4, 0.5) is 5.69 Å². The van der Waals surface area contributed by atoms with Gasteiger partial charge in [0.15, 0.2) is 0 Å². The third kappa shape index (κ3) is 5.22. The van der Waals surface area contributed by atoms with E-state index in [0.29, 0.717) is 37.6 Å². The third-order valence-electron chi connectivity index (χ3n) is 5.64. The van der Waals surface area contributed by atoms with Gasteiger partial charge in [0.05, 0.1) is 12.3 Å². The van der Waals surface area contributed by atoms with E-state index in [1.165, 1.54) is 5.56 Å². The topological polar surface area (TPSA) is 42.0 Å². The molecule has 0 unspecified atom stereocenters. The van der Waals surface area contributed by atoms with Crippen molar-refractivity contribution >= 4 is 11.6 Å². The van der Waals surface area contributed by atoms with Crippen LogP contribution in [0.25, 0.3) is 0 Å². The summed E-state index contributed by atoms with van der Waals surface area (Å²) in [6.45, 7) is 8.08. The normalized spacial score (nSPS) is 13.7. The summed E-state index contributed by atoms with van der Waals surface area (Å²) < 4.78 is 11.7. The van der Waals surface area contributed by atoms with Crippen molar-refractivity contribution in [1.82, 2.24) is 4.90 Å². The fourth-order valence-corrected chi connectivity index (χ4v) is 4.02. The number of carbonyl (C=O) groups excluding carboxylic acids is 1. The predicted octanol–water partition coefficient (Wildman–Crippen LogP) is 4.94. The highest BCUT2D eigenvalue weighted by Crippen LogP contribution is 2.29. The fourth-order valence-electron chi connectivity index (χ4n) is 4.02. The number of carbonyl (C=O) groups is 1. The van der Waals surface area contributed by atoms with Gasteiger partial charge in [0.25, 0.3) is 5.91 Å². The molecule has 3 aromatic carbocycles. The van der Waals surface area contributed by atoms with E-state index in [1.807, 2.05) is 66.4 Å². The van der Waals surface area contributed by atoms with Crippen LogP contribution in [0, 0.1) is 6.92 Å². The van der Waals surface area contributed by atoms with Crippen molar-refractivity contribution in [3.63, 3.8) is 0 Å². The lowest BCUT2D eigenvalue weighted by molar-refractivity contribution is 0.0746. The third-order valence-corrected chi connectivity index (χ3v) is 5.64. The molecule has 1 aliphatic rings. The summed E-state index contributed by atoms with van der Waals surface area (Å²) in [5, 5.41) is 0. The van der Waals surface area contributed by atoms with Gasteiger partial charge in [-0.3, -0.25) is 4.79 Å². The van der Waals surface area contributed by atoms with E-state index >= 15 is 0 Å². The first-order chi connectivity index (χ1) is 15.6. The highest BCUT2D eigenvalue weighted by atomic mass is 16.5. The minimum Gasteiger partial charge on any atom is -0.492 e. The maximum atomic E-state index is 13.1. The van der Waals surface area contributed by atoms with Gasteiger partial charge in [-0.1, -0.05) is 48.0 Å². The van der Waals surface area contributed by atoms with Crippen LogP contribution in [-0.4, -0.2) is 43.6 Å². The highest BCUT2D eigenvalue weighted by molar-refractivity contribution is 5.94. The average Bonchev–Trinajstić information content (AvgIpc) is 2.83. The Hall–Kier alpha value is -3.47. The van der Waals surface area contributed by atoms with Gasteiger partial charge in [-0.05, 0) is 49.7 Å². The molecule has 1 fully saturated rings. The van der Waals surface area contributed by atoms with Gasteiger partial charge in [0.2, 0.25) is 0 Å². The molecule has 4 rings (SSSR count). The van der Waals surface area contributed by atoms with Gasteiger partial charge in [-0.15, -0.1) is 0 Å². The molecule has 1 saturated heterocycles. The molecular formula is C27H30N2O3. The number of nitrogens with zero attached hydrogens (tertiary/aromatic N) is 2. The number of ether oxygens (including phenoxy) is 2. The SMILES string of the molecule is CCOc1ccccc1N1CCN(C(=O)c2cccc(OCc3cccc(C)c3)c2)CC1. The molecule has 5 heteroatoms. The van der Waals surface area contributed by atoms with E-state index in [1.54, 1.807) is 0 Å². The first kappa shape index (κ1) is 21.8. The molecule has 1 aliphatic heterocycles. The van der Waals surface area contributed by atoms with E-state index < -0.39 is 0 Å². The first-order valence-corrected chi connectivity index (χ1v) is 11.2. The summed E-state index contributed by atoms with van der Waals surface area (Å²) in [7, 11) is 0. The minimum atomic E-state index is 0.0451. The summed E-state index contributed by atoms with van der Waals surface area (Å²) in [5.74, 6) is 1.65. The average molecular weight is 431 g/mol. The summed E-state index contributed by atoms with van der Waals surface area (Å²) >= 11 is 0. The molecule has 0 aromatic heterocycles. The summed E-state index contributed by atoms with van der Waals surface area (Å²) in [6, 6.07) is 23.8. The lowest BCUT2D eigenvalue weighted by Crippen LogP contribution is -2.48. The van der Waals surface area contributed by atoms with E-state index in [0.717, 1.165) is 30.1 Å². The highest BCUT2D eigenvalue weighted by Gasteiger charge is 2.24. The second kappa shape index (κ2) is 10.2. The number of amides is 1. The monoisotopic (exact) mass is 430 g/mol. The number of rotatable bonds is 7. The molecule has 0 spiro atoms. The van der Waals surface area contributed by atoms with Crippen LogP contribution in [-0.2, 0) is 6.61 Å². The Balaban J connectivity index is 1.37. The smallest absolute Gasteiger partial charge is 0.254 e. The minimum absolute atomic E-state index is 0.0451. The van der Waals surface area contributed by atoms with Crippen LogP contribution in [0.15, 0.2) is 72.8 Å². The molecule has 0 saturated carbocycles. The van der Waals surface area contributed by atoms with Crippen LogP contribution < -0.4 is 14.4 Å². The Kier molecular flexibility index (Phi) is 6.95. The molecule has 0 bridgehead atoms. The quantitative estimate of drug-likeness (QED) is 0.533. The molecule has 5 nitrogen and oxygen atoms in total. The zero-order chi connectivity index (χ0) is 22.3. The standard InChI is InChI=1S/C27H30N2O3/c1-3-31-26-13-5-4-12-25(26)28-14-16-29(17-15-28)27(30)23-10-7-11-24(19-23)32-20-22-9-6-8-21(2)18-22/h4-13,18-19H,3,14-17,20H2,1-2H3. The number of benzene rings is 3. The molecule has 3 aromatic rings. The van der Waals surface area contributed by atoms with Gasteiger partial charge >= 0.3 is 0 Å². The predicted molar refractivity (Wildman–Crippen MR) is 128 cm³/mol. The maximum absolute atomic E-state index is 13.1. The molecule has 0 radical (unpaired) electrons. The first-order valence-electron chi connectivity index (χ1n) is 11.2. The molecule has 1 heterocycles. The number of hydrogen-bond donors (Lipinski definition) is 0. The lowest BCUT2D eigenvalue weighted by Gasteiger charge is -2.36. The Labute approximate surface area is 190 Å². The Morgan fingerprint density at radius 3 is 2.44 bits per heavy atom. The second-order valence-electron chi connectivity index (χ2n) is 7.99. The zero-order valence-corrected chi connectivity index (χ0v) is 18.8. The maximum Gasteiger partial charge on any atom is 0.254 e. The van der Waals surface area contributed by atoms with Gasteiger partial charge < -0.3 is 19.3 Å². The van der Waals surface area contributed by atoms with Gasteiger partial charge in [0, 0.05) is 31.7 Å². The van der Waals surface area contributed by atoms with Crippen molar-refractivity contribution in [3.05, 3.63) is 89.5 Å². The Bertz CT molecular complexity index is 1060. The zero-order valence-electron chi connectivity index (χ0n) is 18.8. The molecule has 0 aliphatic carbocycles. The van der Waals surface area contributed by atoms with Crippen LogP contribution in [0.3, 0.4) is 0 Å². The van der Waals surface area contributed by atoms with Crippen molar-refractivity contribution in [1.29, 1.82) is 0 Å². The van der Waals surface area contributed by atoms with Gasteiger partial charge in [0.1, 0.15) is 18.1 Å². The Morgan fingerprint density at radius 1 is 0.875 bits per heavy atom. The van der Waals surface area contributed by atoms with Crippen molar-refractivity contribution in [3.8, 4) is 11.5 Å². The van der Waals surface area contributed by atoms with Gasteiger partial charge in [-0.2, -0.15) is 0 Å². The van der Waals surface area contributed by atoms with Crippen molar-refractivity contribution in [2.45, 2.75) is 20.5 Å². The second-order valence-corrected chi connectivity index (χ2v) is 7.99. The summed E-state index contributed by atoms with van der Waals surface area (Å²) in [5.41, 5.74) is 4.08. The van der Waals surface area contributed by atoms with E-state index in [2.05, 4.69) is 30.0 Å². The summed E-state index contributed by atoms with van der Waals surface area (Å²) in [6.07, 6.45) is 0. The molecule has 32 heavy (non-hydrogen) atoms. The Morgan fingerprint density at radius 2 is 1.66 bits per heavy atom. The van der Waals surface area contributed by atoms with Crippen LogP contribution in [0.2, 0.25) is 0 Å². The van der Waals surface area contributed by atoms with E-state index in [-0.39, 0.29) is 5.91 Å². The van der Waals surface area contributed by atoms with E-state index in [9.17, 15) is 4.79 Å². The van der Waals surface area contributed by atoms with Gasteiger partial charge in [-0.25, -0.2) is 0 Å². The fraction of sp³-hybridized carbons (Fsp3) is 0.296. The molecule has 0 atom stereocenters. The number of aryl methyl sites for hydroxylation is 1. The lowest BCUT2D eigenvalue weighted by atomic mass is 10.1. The van der Waals surface area contributed by atoms with Crippen molar-refractivity contribution in [2.75, 3.05) is 37.7 Å². The number of hydrogen-bond acceptors (Lipinski definition) is 4. The summed E-state index contributed by atoms with van der Waals surface area (Å²) in [4.78, 5) is 17.3. The van der Waals surface area contributed by atoms with Crippen LogP contribution in [0.1, 0.15) is 28.4 Å². The largest absolute Gasteiger partial charge is 0.492 e. The number of para-hydroxylation sites is 2. The van der Waals surface area contributed by atoms with Crippen molar-refractivity contribution in [2.24, 2.45) is 0 Å². The number of piperazine rings is 1. The van der Waals surface area contributed by atoms with Crippen molar-refractivity contribution < 1.29 is 14.3 Å². The molecule has 166 valence electrons. The molecule has 1 amide bonds. The molecule has 0 N–H and O–H groups in total. The van der Waals surface area contributed by atoms with E-state index in [4.69, 9.17) is 9.47 Å². The molecular weight excluding hydrogens is 400 g/mol.